The van der Waals surface area contributed by atoms with Crippen LogP contribution in [0.4, 0.5) is 5.00 Å². The number of thiophene rings is 1. The maximum Gasteiger partial charge on any atom is 0.337 e. The molecule has 1 aromatic heterocycles. The summed E-state index contributed by atoms with van der Waals surface area (Å²) in [6.07, 6.45) is 5.55. The van der Waals surface area contributed by atoms with Crippen LogP contribution in [0.2, 0.25) is 0 Å². The average Bonchev–Trinajstić information content (AvgIpc) is 3.72. The van der Waals surface area contributed by atoms with E-state index in [1.165, 1.54) is 49.6 Å². The van der Waals surface area contributed by atoms with Crippen LogP contribution in [0.1, 0.15) is 90.8 Å². The van der Waals surface area contributed by atoms with Gasteiger partial charge in [0.25, 0.3) is 5.91 Å². The van der Waals surface area contributed by atoms with Crippen molar-refractivity contribution in [2.45, 2.75) is 68.7 Å². The van der Waals surface area contributed by atoms with Crippen molar-refractivity contribution < 1.29 is 37.4 Å². The molecule has 1 saturated heterocycles. The summed E-state index contributed by atoms with van der Waals surface area (Å²) in [7, 11) is -2.86. The van der Waals surface area contributed by atoms with Crippen molar-refractivity contribution in [1.82, 2.24) is 4.31 Å². The number of ketones is 1. The Morgan fingerprint density at radius 1 is 0.880 bits per heavy atom. The molecule has 1 unspecified atom stereocenters. The van der Waals surface area contributed by atoms with Crippen LogP contribution in [0, 0.1) is 0 Å². The van der Waals surface area contributed by atoms with Crippen molar-refractivity contribution in [1.29, 1.82) is 0 Å². The molecule has 1 atom stereocenters. The number of carboxylic acid groups (broad SMARTS) is 1. The molecule has 0 saturated carbocycles. The van der Waals surface area contributed by atoms with Gasteiger partial charge in [0.2, 0.25) is 10.0 Å². The molecular weight excluding hydrogens is 677 g/mol. The van der Waals surface area contributed by atoms with Gasteiger partial charge in [-0.15, -0.1) is 11.3 Å². The fourth-order valence-electron chi connectivity index (χ4n) is 6.71. The Kier molecular flexibility index (Phi) is 10.1. The molecule has 0 spiro atoms. The van der Waals surface area contributed by atoms with E-state index in [0.717, 1.165) is 64.4 Å². The largest absolute Gasteiger partial charge is 0.480 e. The molecule has 6 rings (SSSR count). The molecular formula is C38H38N2O8S2. The van der Waals surface area contributed by atoms with Crippen LogP contribution in [0.3, 0.4) is 0 Å². The Balaban J connectivity index is 1.20. The van der Waals surface area contributed by atoms with Crippen LogP contribution in [0.25, 0.3) is 0 Å². The second-order valence-corrected chi connectivity index (χ2v) is 15.8. The molecule has 0 bridgehead atoms. The first kappa shape index (κ1) is 35.2. The molecule has 1 fully saturated rings. The molecule has 12 heteroatoms. The van der Waals surface area contributed by atoms with E-state index in [1.807, 2.05) is 24.3 Å². The van der Waals surface area contributed by atoms with Gasteiger partial charge in [-0.1, -0.05) is 42.5 Å². The summed E-state index contributed by atoms with van der Waals surface area (Å²) in [5, 5.41) is 13.1. The number of aryl methyl sites for hydroxylation is 3. The van der Waals surface area contributed by atoms with Gasteiger partial charge in [0.1, 0.15) is 10.5 Å². The smallest absolute Gasteiger partial charge is 0.337 e. The van der Waals surface area contributed by atoms with Crippen LogP contribution in [-0.4, -0.2) is 60.7 Å². The Morgan fingerprint density at radius 2 is 1.52 bits per heavy atom. The molecule has 1 aliphatic heterocycles. The van der Waals surface area contributed by atoms with Gasteiger partial charge in [-0.3, -0.25) is 14.4 Å². The summed E-state index contributed by atoms with van der Waals surface area (Å²) in [4.78, 5) is 52.3. The predicted octanol–water partition coefficient (Wildman–Crippen LogP) is 6.31. The highest BCUT2D eigenvalue weighted by molar-refractivity contribution is 7.89. The number of hydrogen-bond acceptors (Lipinski definition) is 8. The van der Waals surface area contributed by atoms with E-state index in [1.54, 1.807) is 24.3 Å². The van der Waals surface area contributed by atoms with Crippen molar-refractivity contribution in [3.63, 3.8) is 0 Å². The molecule has 4 aromatic rings. The van der Waals surface area contributed by atoms with E-state index < -0.39 is 27.4 Å². The van der Waals surface area contributed by atoms with E-state index in [0.29, 0.717) is 28.1 Å². The number of nitrogens with one attached hydrogen (secondary N) is 1. The van der Waals surface area contributed by atoms with E-state index in [4.69, 9.17) is 4.74 Å². The predicted molar refractivity (Wildman–Crippen MR) is 190 cm³/mol. The standard InChI is InChI=1S/C38H38N2O8S2/c1-38(37(44)45)21-6-22-40(38)50(46,47)29-8-5-7-28(23-29)34(42)39-35-32(30-9-3-4-10-31(30)49-35)33(41)26-17-13-24(14-18-26)11-12-25-15-19-27(20-16-25)36(43)48-2/h5,7-8,13-20,23H,3-4,6,9-12,21-22H2,1-2H3,(H,39,42)(H,44,45). The number of anilines is 1. The van der Waals surface area contributed by atoms with Gasteiger partial charge < -0.3 is 15.2 Å². The van der Waals surface area contributed by atoms with Gasteiger partial charge in [-0.05, 0) is 105 Å². The topological polar surface area (TPSA) is 147 Å². The fourth-order valence-corrected chi connectivity index (χ4v) is 9.85. The third kappa shape index (κ3) is 6.87. The van der Waals surface area contributed by atoms with Crippen LogP contribution in [0.15, 0.2) is 77.7 Å². The number of sulfonamides is 1. The number of fused-ring (bicyclic) bond motifs is 1. The first-order valence-electron chi connectivity index (χ1n) is 16.6. The summed E-state index contributed by atoms with van der Waals surface area (Å²) in [6.45, 7) is 1.47. The number of hydrogen-bond donors (Lipinski definition) is 2. The molecule has 1 amide bonds. The number of esters is 1. The molecule has 2 N–H and O–H groups in total. The third-order valence-electron chi connectivity index (χ3n) is 9.64. The maximum atomic E-state index is 14.1. The van der Waals surface area contributed by atoms with Crippen molar-refractivity contribution in [3.8, 4) is 0 Å². The van der Waals surface area contributed by atoms with E-state index in [9.17, 15) is 32.7 Å². The quantitative estimate of drug-likeness (QED) is 0.136. The Bertz CT molecular complexity index is 2070. The lowest BCUT2D eigenvalue weighted by Crippen LogP contribution is -2.50. The van der Waals surface area contributed by atoms with Crippen LogP contribution in [-0.2, 0) is 45.2 Å². The maximum absolute atomic E-state index is 14.1. The summed E-state index contributed by atoms with van der Waals surface area (Å²) in [5.74, 6) is -2.35. The minimum atomic E-state index is -4.21. The Morgan fingerprint density at radius 3 is 2.16 bits per heavy atom. The van der Waals surface area contributed by atoms with Crippen LogP contribution >= 0.6 is 11.3 Å². The lowest BCUT2D eigenvalue weighted by Gasteiger charge is -2.30. The number of rotatable bonds is 11. The van der Waals surface area contributed by atoms with E-state index >= 15 is 0 Å². The second-order valence-electron chi connectivity index (χ2n) is 12.9. The molecule has 50 heavy (non-hydrogen) atoms. The normalized spacial score (nSPS) is 17.6. The van der Waals surface area contributed by atoms with E-state index in [2.05, 4.69) is 5.32 Å². The minimum Gasteiger partial charge on any atom is -0.480 e. The molecule has 10 nitrogen and oxygen atoms in total. The first-order valence-corrected chi connectivity index (χ1v) is 18.8. The number of ether oxygens (including phenoxy) is 1. The van der Waals surface area contributed by atoms with Gasteiger partial charge in [-0.25, -0.2) is 13.2 Å². The lowest BCUT2D eigenvalue weighted by atomic mass is 9.91. The van der Waals surface area contributed by atoms with Gasteiger partial charge in [0.05, 0.1) is 23.1 Å². The summed E-state index contributed by atoms with van der Waals surface area (Å²) in [6, 6.07) is 20.3. The number of benzene rings is 3. The lowest BCUT2D eigenvalue weighted by molar-refractivity contribution is -0.146. The third-order valence-corrected chi connectivity index (χ3v) is 12.9. The van der Waals surface area contributed by atoms with Gasteiger partial charge in [-0.2, -0.15) is 4.31 Å². The number of aliphatic carboxylic acids is 1. The van der Waals surface area contributed by atoms with Crippen molar-refractivity contribution in [2.75, 3.05) is 19.0 Å². The molecule has 1 aliphatic carbocycles. The molecule has 0 radical (unpaired) electrons. The SMILES string of the molecule is COC(=O)c1ccc(CCc2ccc(C(=O)c3c(NC(=O)c4cccc(S(=O)(=O)N5CCCC5(C)C(=O)O)c4)sc4c3CCCC4)cc2)cc1. The molecule has 2 heterocycles. The highest BCUT2D eigenvalue weighted by atomic mass is 32.2. The fraction of sp³-hybridized carbons (Fsp3) is 0.316. The summed E-state index contributed by atoms with van der Waals surface area (Å²) in [5.41, 5.74) is 3.03. The van der Waals surface area contributed by atoms with Gasteiger partial charge in [0.15, 0.2) is 5.78 Å². The monoisotopic (exact) mass is 714 g/mol. The number of nitrogens with zero attached hydrogens (tertiary/aromatic N) is 1. The van der Waals surface area contributed by atoms with Crippen molar-refractivity contribution in [3.05, 3.63) is 117 Å². The first-order chi connectivity index (χ1) is 23.9. The molecule has 3 aromatic carbocycles. The second kappa shape index (κ2) is 14.3. The minimum absolute atomic E-state index is 0.0705. The number of methoxy groups -OCH3 is 1. The highest BCUT2D eigenvalue weighted by Crippen LogP contribution is 2.40. The van der Waals surface area contributed by atoms with Crippen LogP contribution < -0.4 is 5.32 Å². The van der Waals surface area contributed by atoms with E-state index in [-0.39, 0.29) is 35.2 Å². The summed E-state index contributed by atoms with van der Waals surface area (Å²) >= 11 is 1.38. The number of amides is 1. The zero-order valence-corrected chi connectivity index (χ0v) is 29.5. The van der Waals surface area contributed by atoms with Crippen molar-refractivity contribution >= 4 is 50.0 Å². The number of carboxylic acids is 1. The number of carbonyl (C=O) groups excluding carboxylic acids is 3. The van der Waals surface area contributed by atoms with Crippen LogP contribution in [0.5, 0.6) is 0 Å². The number of carbonyl (C=O) groups is 4. The molecule has 260 valence electrons. The van der Waals surface area contributed by atoms with Gasteiger partial charge >= 0.3 is 11.9 Å². The highest BCUT2D eigenvalue weighted by Gasteiger charge is 2.49. The molecule has 2 aliphatic rings. The van der Waals surface area contributed by atoms with Crippen molar-refractivity contribution in [2.24, 2.45) is 0 Å². The Hall–Kier alpha value is -4.65. The Labute approximate surface area is 295 Å². The summed E-state index contributed by atoms with van der Waals surface area (Å²) < 4.78 is 32.9. The van der Waals surface area contributed by atoms with Gasteiger partial charge in [0, 0.05) is 22.5 Å². The average molecular weight is 715 g/mol. The zero-order chi connectivity index (χ0) is 35.6. The zero-order valence-electron chi connectivity index (χ0n) is 27.9.